The van der Waals surface area contributed by atoms with Crippen LogP contribution in [0.5, 0.6) is 23.0 Å². The minimum atomic E-state index is -0.385. The Bertz CT molecular complexity index is 2780. The fourth-order valence-corrected chi connectivity index (χ4v) is 7.91. The van der Waals surface area contributed by atoms with E-state index < -0.39 is 0 Å². The smallest absolute Gasteiger partial charge is 0.302 e. The fraction of sp³-hybridized carbons (Fsp3) is 0.174. The Morgan fingerprint density at radius 1 is 0.591 bits per heavy atom. The van der Waals surface area contributed by atoms with Gasteiger partial charge in [0.25, 0.3) is 11.8 Å². The first-order chi connectivity index (χ1) is 32.2. The molecule has 0 bridgehead atoms. The lowest BCUT2D eigenvalue weighted by Gasteiger charge is -2.24. The van der Waals surface area contributed by atoms with Crippen LogP contribution in [0.4, 0.5) is 21.0 Å². The van der Waals surface area contributed by atoms with E-state index in [0.29, 0.717) is 45.9 Å². The van der Waals surface area contributed by atoms with Crippen LogP contribution in [-0.4, -0.2) is 104 Å². The molecule has 2 aliphatic rings. The number of amides is 4. The number of anilines is 2. The van der Waals surface area contributed by atoms with Gasteiger partial charge in [-0.2, -0.15) is 10.2 Å². The van der Waals surface area contributed by atoms with Gasteiger partial charge in [0, 0.05) is 58.8 Å². The minimum absolute atomic E-state index is 0.145. The van der Waals surface area contributed by atoms with Crippen LogP contribution in [0.25, 0.3) is 0 Å². The van der Waals surface area contributed by atoms with Crippen LogP contribution in [0.2, 0.25) is 0 Å². The largest absolute Gasteiger partial charge is 0.493 e. The number of methoxy groups -OCH3 is 4. The predicted molar refractivity (Wildman–Crippen MR) is 252 cm³/mol. The standard InChI is InChI=1S/2C23H21N5O4S/c1-31-20-7-6-16(11-21(20)32-2)19-14-33-23(30)28(27-19)13-15-4-3-5-17(10-15)26-22(29)18-12-24-8-9-25-18;1-31-20-8-7-15(11-21(20)32-2)19-14-33-23(30)28(27-19)13-16-5-3-4-6-17(16)26-22(29)18-12-24-9-10-25-18/h2*3-12H,13-14H2,1-2H3,(H,26,29). The number of ether oxygens (including phenoxy) is 4. The molecule has 0 radical (unpaired) electrons. The lowest BCUT2D eigenvalue weighted by Crippen LogP contribution is -2.30. The third-order valence-electron chi connectivity index (χ3n) is 9.70. The van der Waals surface area contributed by atoms with Crippen molar-refractivity contribution in [3.63, 3.8) is 0 Å². The number of hydrogen-bond donors (Lipinski definition) is 2. The van der Waals surface area contributed by atoms with Gasteiger partial charge in [0.2, 0.25) is 0 Å². The highest BCUT2D eigenvalue weighted by Gasteiger charge is 2.26. The molecule has 0 fully saturated rings. The summed E-state index contributed by atoms with van der Waals surface area (Å²) in [6, 6.07) is 25.6. The van der Waals surface area contributed by atoms with Crippen LogP contribution in [-0.2, 0) is 13.1 Å². The third-order valence-corrected chi connectivity index (χ3v) is 11.4. The summed E-state index contributed by atoms with van der Waals surface area (Å²) in [4.78, 5) is 65.8. The molecule has 20 heteroatoms. The first-order valence-electron chi connectivity index (χ1n) is 20.0. The molecule has 0 spiro atoms. The monoisotopic (exact) mass is 926 g/mol. The normalized spacial score (nSPS) is 13.3. The molecule has 66 heavy (non-hydrogen) atoms. The van der Waals surface area contributed by atoms with Gasteiger partial charge >= 0.3 is 10.5 Å². The highest BCUT2D eigenvalue weighted by molar-refractivity contribution is 8.14. The maximum Gasteiger partial charge on any atom is 0.302 e. The van der Waals surface area contributed by atoms with E-state index in [1.54, 1.807) is 58.8 Å². The van der Waals surface area contributed by atoms with Crippen LogP contribution in [0.1, 0.15) is 43.2 Å². The van der Waals surface area contributed by atoms with Crippen molar-refractivity contribution in [2.45, 2.75) is 13.1 Å². The van der Waals surface area contributed by atoms with Crippen LogP contribution in [0, 0.1) is 0 Å². The molecule has 0 unspecified atom stereocenters. The van der Waals surface area contributed by atoms with Crippen molar-refractivity contribution in [3.05, 3.63) is 156 Å². The Balaban J connectivity index is 0.000000196. The molecule has 2 aliphatic heterocycles. The van der Waals surface area contributed by atoms with Gasteiger partial charge in [-0.05, 0) is 65.7 Å². The zero-order valence-corrected chi connectivity index (χ0v) is 37.7. The summed E-state index contributed by atoms with van der Waals surface area (Å²) >= 11 is 2.35. The van der Waals surface area contributed by atoms with Gasteiger partial charge in [-0.1, -0.05) is 53.9 Å². The van der Waals surface area contributed by atoms with Gasteiger partial charge in [0.1, 0.15) is 11.4 Å². The van der Waals surface area contributed by atoms with Gasteiger partial charge in [0.15, 0.2) is 23.0 Å². The Morgan fingerprint density at radius 3 is 1.65 bits per heavy atom. The summed E-state index contributed by atoms with van der Waals surface area (Å²) in [7, 11) is 6.30. The second-order valence-electron chi connectivity index (χ2n) is 13.9. The molecule has 0 aliphatic carbocycles. The molecule has 4 amide bonds. The summed E-state index contributed by atoms with van der Waals surface area (Å²) < 4.78 is 21.3. The molecule has 0 saturated heterocycles. The van der Waals surface area contributed by atoms with E-state index in [1.807, 2.05) is 54.6 Å². The molecular weight excluding hydrogens is 885 g/mol. The van der Waals surface area contributed by atoms with Crippen LogP contribution < -0.4 is 29.6 Å². The van der Waals surface area contributed by atoms with Crippen LogP contribution >= 0.6 is 23.5 Å². The predicted octanol–water partition coefficient (Wildman–Crippen LogP) is 7.64. The molecule has 336 valence electrons. The van der Waals surface area contributed by atoms with E-state index in [-0.39, 0.29) is 46.8 Å². The molecule has 2 N–H and O–H groups in total. The molecule has 6 aromatic rings. The van der Waals surface area contributed by atoms with Crippen molar-refractivity contribution in [3.8, 4) is 23.0 Å². The van der Waals surface area contributed by atoms with E-state index in [2.05, 4.69) is 40.8 Å². The zero-order valence-electron chi connectivity index (χ0n) is 36.0. The highest BCUT2D eigenvalue weighted by atomic mass is 32.2. The van der Waals surface area contributed by atoms with Crippen molar-refractivity contribution in [1.82, 2.24) is 30.0 Å². The molecule has 0 saturated carbocycles. The van der Waals surface area contributed by atoms with E-state index >= 15 is 0 Å². The SMILES string of the molecule is COc1ccc(C2=NN(Cc3cccc(NC(=O)c4cnccn4)c3)C(=O)SC2)cc1OC.COc1ccc(C2=NN(Cc3ccccc3NC(=O)c3cnccn3)C(=O)SC2)cc1OC. The van der Waals surface area contributed by atoms with E-state index in [9.17, 15) is 19.2 Å². The number of aromatic nitrogens is 4. The van der Waals surface area contributed by atoms with E-state index in [1.165, 1.54) is 70.7 Å². The van der Waals surface area contributed by atoms with E-state index in [4.69, 9.17) is 18.9 Å². The summed E-state index contributed by atoms with van der Waals surface area (Å²) in [5.41, 5.74) is 6.31. The van der Waals surface area contributed by atoms with E-state index in [0.717, 1.165) is 33.7 Å². The van der Waals surface area contributed by atoms with Crippen LogP contribution in [0.15, 0.2) is 132 Å². The van der Waals surface area contributed by atoms with Crippen molar-refractivity contribution >= 4 is 68.6 Å². The third kappa shape index (κ3) is 11.6. The topological polar surface area (TPSA) is 212 Å². The second kappa shape index (κ2) is 22.2. The molecule has 0 atom stereocenters. The van der Waals surface area contributed by atoms with Crippen molar-refractivity contribution in [2.75, 3.05) is 50.6 Å². The Kier molecular flexibility index (Phi) is 15.5. The van der Waals surface area contributed by atoms with Gasteiger partial charge in [-0.15, -0.1) is 0 Å². The second-order valence-corrected chi connectivity index (χ2v) is 15.8. The first kappa shape index (κ1) is 46.2. The molecule has 4 aromatic carbocycles. The van der Waals surface area contributed by atoms with Gasteiger partial charge in [-0.3, -0.25) is 29.1 Å². The lowest BCUT2D eigenvalue weighted by molar-refractivity contribution is 0.101. The van der Waals surface area contributed by atoms with Crippen molar-refractivity contribution in [1.29, 1.82) is 0 Å². The number of carbonyl (C=O) groups is 4. The summed E-state index contributed by atoms with van der Waals surface area (Å²) in [6.45, 7) is 0.455. The average Bonchev–Trinajstić information content (AvgIpc) is 3.36. The lowest BCUT2D eigenvalue weighted by atomic mass is 10.1. The number of nitrogens with zero attached hydrogens (tertiary/aromatic N) is 8. The molecule has 18 nitrogen and oxygen atoms in total. The fourth-order valence-electron chi connectivity index (χ4n) is 6.43. The van der Waals surface area contributed by atoms with Crippen molar-refractivity contribution < 1.29 is 38.1 Å². The number of hydrazone groups is 2. The summed E-state index contributed by atoms with van der Waals surface area (Å²) in [6.07, 6.45) is 8.70. The minimum Gasteiger partial charge on any atom is -0.493 e. The Labute approximate surface area is 387 Å². The van der Waals surface area contributed by atoms with Gasteiger partial charge in [-0.25, -0.2) is 20.0 Å². The number of benzene rings is 4. The molecule has 8 rings (SSSR count). The number of para-hydroxylation sites is 1. The van der Waals surface area contributed by atoms with Gasteiger partial charge < -0.3 is 29.6 Å². The first-order valence-corrected chi connectivity index (χ1v) is 21.9. The number of rotatable bonds is 14. The number of hydrogen-bond acceptors (Lipinski definition) is 16. The number of thioether (sulfide) groups is 2. The maximum absolute atomic E-state index is 12.6. The summed E-state index contributed by atoms with van der Waals surface area (Å²) in [5.74, 6) is 2.57. The highest BCUT2D eigenvalue weighted by Crippen LogP contribution is 2.32. The number of nitrogens with one attached hydrogen (secondary N) is 2. The van der Waals surface area contributed by atoms with Gasteiger partial charge in [0.05, 0.1) is 65.3 Å². The summed E-state index contributed by atoms with van der Waals surface area (Å²) in [5, 5.41) is 17.3. The average molecular weight is 927 g/mol. The molecular formula is C46H42N10O8S2. The maximum atomic E-state index is 12.6. The number of carbonyl (C=O) groups excluding carboxylic acids is 4. The zero-order chi connectivity index (χ0) is 46.4. The molecule has 2 aromatic heterocycles. The quantitative estimate of drug-likeness (QED) is 0.108. The van der Waals surface area contributed by atoms with Crippen molar-refractivity contribution in [2.24, 2.45) is 10.2 Å². The molecule has 4 heterocycles. The van der Waals surface area contributed by atoms with Crippen LogP contribution in [0.3, 0.4) is 0 Å². The Morgan fingerprint density at radius 2 is 1.12 bits per heavy atom. The Hall–Kier alpha value is -7.84.